The fraction of sp³-hybridized carbons (Fsp3) is 0.846. The fourth-order valence-corrected chi connectivity index (χ4v) is 1.22. The van der Waals surface area contributed by atoms with E-state index in [0.29, 0.717) is 12.1 Å². The van der Waals surface area contributed by atoms with E-state index in [2.05, 4.69) is 58.0 Å². The summed E-state index contributed by atoms with van der Waals surface area (Å²) in [6.45, 7) is 13.2. The first-order chi connectivity index (χ1) is 6.93. The van der Waals surface area contributed by atoms with Gasteiger partial charge in [-0.15, -0.1) is 0 Å². The van der Waals surface area contributed by atoms with Crippen LogP contribution in [0.25, 0.3) is 0 Å². The predicted octanol–water partition coefficient (Wildman–Crippen LogP) is 2.66. The third-order valence-electron chi connectivity index (χ3n) is 2.77. The maximum Gasteiger partial charge on any atom is 0.0139 e. The largest absolute Gasteiger partial charge is 0.311 e. The van der Waals surface area contributed by atoms with Crippen LogP contribution in [0.15, 0.2) is 11.6 Å². The molecular formula is C13H28N2. The first kappa shape index (κ1) is 14.7. The summed E-state index contributed by atoms with van der Waals surface area (Å²) in [7, 11) is 2.19. The molecule has 0 aromatic carbocycles. The van der Waals surface area contributed by atoms with Gasteiger partial charge in [0, 0.05) is 18.6 Å². The smallest absolute Gasteiger partial charge is 0.0139 e. The van der Waals surface area contributed by atoms with Crippen LogP contribution < -0.4 is 5.32 Å². The van der Waals surface area contributed by atoms with E-state index < -0.39 is 0 Å². The van der Waals surface area contributed by atoms with Crippen LogP contribution in [0.5, 0.6) is 0 Å². The predicted molar refractivity (Wildman–Crippen MR) is 69.3 cm³/mol. The Kier molecular flexibility index (Phi) is 7.71. The monoisotopic (exact) mass is 212 g/mol. The van der Waals surface area contributed by atoms with Crippen molar-refractivity contribution < 1.29 is 0 Å². The van der Waals surface area contributed by atoms with E-state index in [1.54, 1.807) is 0 Å². The molecule has 0 aromatic heterocycles. The zero-order valence-corrected chi connectivity index (χ0v) is 11.3. The van der Waals surface area contributed by atoms with Gasteiger partial charge in [0.25, 0.3) is 0 Å². The second-order valence-corrected chi connectivity index (χ2v) is 4.95. The summed E-state index contributed by atoms with van der Waals surface area (Å²) in [5, 5.41) is 3.51. The molecule has 2 heteroatoms. The number of allylic oxidation sites excluding steroid dienone is 1. The molecule has 0 aliphatic heterocycles. The van der Waals surface area contributed by atoms with Crippen LogP contribution in [-0.4, -0.2) is 37.1 Å². The normalized spacial score (nSPS) is 13.3. The molecule has 2 nitrogen and oxygen atoms in total. The van der Waals surface area contributed by atoms with Gasteiger partial charge >= 0.3 is 0 Å². The van der Waals surface area contributed by atoms with Gasteiger partial charge in [0.1, 0.15) is 0 Å². The Labute approximate surface area is 95.7 Å². The molecule has 1 unspecified atom stereocenters. The lowest BCUT2D eigenvalue weighted by Crippen LogP contribution is -2.33. The van der Waals surface area contributed by atoms with Gasteiger partial charge in [-0.05, 0) is 54.6 Å². The number of hydrogen-bond acceptors (Lipinski definition) is 2. The fourth-order valence-electron chi connectivity index (χ4n) is 1.22. The van der Waals surface area contributed by atoms with Crippen molar-refractivity contribution in [2.45, 2.75) is 53.1 Å². The Morgan fingerprint density at radius 2 is 1.87 bits per heavy atom. The molecule has 0 aliphatic rings. The molecule has 15 heavy (non-hydrogen) atoms. The lowest BCUT2D eigenvalue weighted by atomic mass is 10.2. The Morgan fingerprint density at radius 3 is 2.33 bits per heavy atom. The zero-order valence-electron chi connectivity index (χ0n) is 11.3. The van der Waals surface area contributed by atoms with E-state index in [1.165, 1.54) is 18.5 Å². The molecular weight excluding hydrogens is 184 g/mol. The van der Waals surface area contributed by atoms with E-state index in [0.717, 1.165) is 6.54 Å². The molecule has 90 valence electrons. The first-order valence-electron chi connectivity index (χ1n) is 6.00. The minimum Gasteiger partial charge on any atom is -0.311 e. The Bertz CT molecular complexity index is 181. The van der Waals surface area contributed by atoms with Gasteiger partial charge in [-0.2, -0.15) is 0 Å². The average Bonchev–Trinajstić information content (AvgIpc) is 2.13. The van der Waals surface area contributed by atoms with Gasteiger partial charge in [0.05, 0.1) is 0 Å². The Hall–Kier alpha value is -0.340. The summed E-state index contributed by atoms with van der Waals surface area (Å²) in [4.78, 5) is 2.39. The molecule has 1 atom stereocenters. The van der Waals surface area contributed by atoms with Gasteiger partial charge in [0.15, 0.2) is 0 Å². The molecule has 0 spiro atoms. The third kappa shape index (κ3) is 8.64. The zero-order chi connectivity index (χ0) is 11.8. The van der Waals surface area contributed by atoms with Crippen LogP contribution in [-0.2, 0) is 0 Å². The van der Waals surface area contributed by atoms with Crippen LogP contribution in [0, 0.1) is 0 Å². The summed E-state index contributed by atoms with van der Waals surface area (Å²) in [5.74, 6) is 0. The highest BCUT2D eigenvalue weighted by Crippen LogP contribution is 1.98. The summed E-state index contributed by atoms with van der Waals surface area (Å²) in [6.07, 6.45) is 3.45. The molecule has 0 aromatic rings. The summed E-state index contributed by atoms with van der Waals surface area (Å²) in [6, 6.07) is 1.25. The molecule has 0 heterocycles. The van der Waals surface area contributed by atoms with Crippen molar-refractivity contribution in [2.75, 3.05) is 20.1 Å². The number of nitrogens with one attached hydrogen (secondary N) is 1. The molecule has 0 fully saturated rings. The molecule has 1 N–H and O–H groups in total. The van der Waals surface area contributed by atoms with E-state index in [1.807, 2.05) is 0 Å². The molecule has 0 bridgehead atoms. The SMILES string of the molecule is CC(C)=CCNC(C)CCN(C)C(C)C. The van der Waals surface area contributed by atoms with Crippen molar-refractivity contribution in [1.29, 1.82) is 0 Å². The maximum absolute atomic E-state index is 3.51. The maximum atomic E-state index is 3.51. The molecule has 0 saturated heterocycles. The average molecular weight is 212 g/mol. The summed E-state index contributed by atoms with van der Waals surface area (Å²) < 4.78 is 0. The molecule has 0 radical (unpaired) electrons. The molecule has 0 amide bonds. The van der Waals surface area contributed by atoms with E-state index in [9.17, 15) is 0 Å². The van der Waals surface area contributed by atoms with Crippen LogP contribution >= 0.6 is 0 Å². The van der Waals surface area contributed by atoms with Gasteiger partial charge in [-0.1, -0.05) is 11.6 Å². The molecule has 0 aliphatic carbocycles. The van der Waals surface area contributed by atoms with Crippen LogP contribution in [0.3, 0.4) is 0 Å². The van der Waals surface area contributed by atoms with Crippen molar-refractivity contribution in [1.82, 2.24) is 10.2 Å². The van der Waals surface area contributed by atoms with Gasteiger partial charge < -0.3 is 10.2 Å². The third-order valence-corrected chi connectivity index (χ3v) is 2.77. The molecule has 0 saturated carbocycles. The van der Waals surface area contributed by atoms with Gasteiger partial charge in [-0.25, -0.2) is 0 Å². The second-order valence-electron chi connectivity index (χ2n) is 4.95. The summed E-state index contributed by atoms with van der Waals surface area (Å²) in [5.41, 5.74) is 1.38. The standard InChI is InChI=1S/C13H28N2/c1-11(2)7-9-14-13(5)8-10-15(6)12(3)4/h7,12-14H,8-10H2,1-6H3. The highest BCUT2D eigenvalue weighted by molar-refractivity contribution is 4.94. The van der Waals surface area contributed by atoms with Crippen molar-refractivity contribution in [3.05, 3.63) is 11.6 Å². The van der Waals surface area contributed by atoms with Crippen molar-refractivity contribution in [3.8, 4) is 0 Å². The number of nitrogens with zero attached hydrogens (tertiary/aromatic N) is 1. The number of rotatable bonds is 7. The van der Waals surface area contributed by atoms with Crippen molar-refractivity contribution >= 4 is 0 Å². The van der Waals surface area contributed by atoms with E-state index >= 15 is 0 Å². The lowest BCUT2D eigenvalue weighted by molar-refractivity contribution is 0.260. The van der Waals surface area contributed by atoms with Crippen LogP contribution in [0.1, 0.15) is 41.0 Å². The topological polar surface area (TPSA) is 15.3 Å². The molecule has 0 rings (SSSR count). The van der Waals surface area contributed by atoms with Crippen LogP contribution in [0.4, 0.5) is 0 Å². The highest BCUT2D eigenvalue weighted by atomic mass is 15.1. The quantitative estimate of drug-likeness (QED) is 0.653. The van der Waals surface area contributed by atoms with Gasteiger partial charge in [-0.3, -0.25) is 0 Å². The minimum atomic E-state index is 0.599. The van der Waals surface area contributed by atoms with E-state index in [4.69, 9.17) is 0 Å². The van der Waals surface area contributed by atoms with Crippen molar-refractivity contribution in [3.63, 3.8) is 0 Å². The van der Waals surface area contributed by atoms with E-state index in [-0.39, 0.29) is 0 Å². The second kappa shape index (κ2) is 7.89. The van der Waals surface area contributed by atoms with Crippen LogP contribution in [0.2, 0.25) is 0 Å². The number of hydrogen-bond donors (Lipinski definition) is 1. The Morgan fingerprint density at radius 1 is 1.27 bits per heavy atom. The van der Waals surface area contributed by atoms with Crippen molar-refractivity contribution in [2.24, 2.45) is 0 Å². The Balaban J connectivity index is 3.57. The lowest BCUT2D eigenvalue weighted by Gasteiger charge is -2.23. The first-order valence-corrected chi connectivity index (χ1v) is 6.00. The van der Waals surface area contributed by atoms with Gasteiger partial charge in [0.2, 0.25) is 0 Å². The highest BCUT2D eigenvalue weighted by Gasteiger charge is 2.05. The summed E-state index contributed by atoms with van der Waals surface area (Å²) >= 11 is 0. The minimum absolute atomic E-state index is 0.599.